The summed E-state index contributed by atoms with van der Waals surface area (Å²) in [5.74, 6) is 0.276. The van der Waals surface area contributed by atoms with E-state index in [0.29, 0.717) is 22.8 Å². The van der Waals surface area contributed by atoms with E-state index in [1.165, 1.54) is 18.0 Å². The number of hydrogen-bond acceptors (Lipinski definition) is 6. The fourth-order valence-corrected chi connectivity index (χ4v) is 4.48. The van der Waals surface area contributed by atoms with E-state index in [0.717, 1.165) is 22.0 Å². The normalized spacial score (nSPS) is 16.0. The van der Waals surface area contributed by atoms with Gasteiger partial charge < -0.3 is 19.8 Å². The molecule has 2 amide bonds. The molecule has 0 spiro atoms. The van der Waals surface area contributed by atoms with Crippen molar-refractivity contribution in [3.8, 4) is 5.69 Å². The Labute approximate surface area is 190 Å². The Morgan fingerprint density at radius 1 is 1.31 bits per heavy atom. The summed E-state index contributed by atoms with van der Waals surface area (Å²) in [5, 5.41) is 6.27. The Bertz CT molecular complexity index is 1170. The maximum atomic E-state index is 12.8. The lowest BCUT2D eigenvalue weighted by molar-refractivity contribution is -0.139. The smallest absolute Gasteiger partial charge is 0.338 e. The van der Waals surface area contributed by atoms with E-state index in [9.17, 15) is 9.59 Å². The van der Waals surface area contributed by atoms with Crippen LogP contribution >= 0.6 is 11.8 Å². The highest BCUT2D eigenvalue weighted by Crippen LogP contribution is 2.31. The standard InChI is InChI=1S/C23H24N4O4S/c1-4-30-21(28)19-16(25-22(29)26-20(19)18-6-5-11-31-18)13-32-23-24-9-10-27(23)17-12-14(2)7-8-15(17)3/h5-12,20H,4,13H2,1-3H3,(H2,25,26,29). The van der Waals surface area contributed by atoms with E-state index >= 15 is 0 Å². The van der Waals surface area contributed by atoms with Crippen molar-refractivity contribution in [2.24, 2.45) is 0 Å². The second-order valence-corrected chi connectivity index (χ2v) is 8.26. The Morgan fingerprint density at radius 3 is 2.91 bits per heavy atom. The number of thioether (sulfide) groups is 1. The van der Waals surface area contributed by atoms with Crippen molar-refractivity contribution in [2.75, 3.05) is 12.4 Å². The van der Waals surface area contributed by atoms with Gasteiger partial charge in [0.2, 0.25) is 0 Å². The average Bonchev–Trinajstić information content (AvgIpc) is 3.46. The van der Waals surface area contributed by atoms with Gasteiger partial charge in [-0.05, 0) is 50.1 Å². The predicted octanol–water partition coefficient (Wildman–Crippen LogP) is 4.05. The molecule has 0 bridgehead atoms. The third kappa shape index (κ3) is 4.43. The van der Waals surface area contributed by atoms with Crippen molar-refractivity contribution in [1.82, 2.24) is 20.2 Å². The lowest BCUT2D eigenvalue weighted by Crippen LogP contribution is -2.46. The summed E-state index contributed by atoms with van der Waals surface area (Å²) in [7, 11) is 0. The molecule has 1 aromatic carbocycles. The highest BCUT2D eigenvalue weighted by Gasteiger charge is 2.35. The molecule has 1 aliphatic rings. The third-order valence-corrected chi connectivity index (χ3v) is 6.05. The summed E-state index contributed by atoms with van der Waals surface area (Å²) in [5.41, 5.74) is 4.09. The van der Waals surface area contributed by atoms with Crippen molar-refractivity contribution < 1.29 is 18.7 Å². The molecular formula is C23H24N4O4S. The van der Waals surface area contributed by atoms with E-state index in [2.05, 4.69) is 33.8 Å². The molecule has 4 rings (SSSR count). The molecule has 0 saturated heterocycles. The van der Waals surface area contributed by atoms with Crippen LogP contribution in [0.25, 0.3) is 5.69 Å². The summed E-state index contributed by atoms with van der Waals surface area (Å²) in [6, 6.07) is 8.53. The van der Waals surface area contributed by atoms with Crippen molar-refractivity contribution in [3.05, 3.63) is 77.1 Å². The number of urea groups is 1. The number of carbonyl (C=O) groups excluding carboxylic acids is 2. The van der Waals surface area contributed by atoms with Crippen LogP contribution in [0.15, 0.2) is 69.8 Å². The zero-order chi connectivity index (χ0) is 22.7. The van der Waals surface area contributed by atoms with Gasteiger partial charge in [0.25, 0.3) is 0 Å². The minimum absolute atomic E-state index is 0.221. The van der Waals surface area contributed by atoms with Gasteiger partial charge in [-0.3, -0.25) is 4.57 Å². The van der Waals surface area contributed by atoms with Gasteiger partial charge >= 0.3 is 12.0 Å². The first-order chi connectivity index (χ1) is 15.5. The summed E-state index contributed by atoms with van der Waals surface area (Å²) >= 11 is 1.42. The first kappa shape index (κ1) is 21.8. The number of furan rings is 1. The van der Waals surface area contributed by atoms with Gasteiger partial charge in [-0.1, -0.05) is 23.9 Å². The van der Waals surface area contributed by atoms with E-state index in [1.54, 1.807) is 25.3 Å². The number of imidazole rings is 1. The van der Waals surface area contributed by atoms with Crippen molar-refractivity contribution in [3.63, 3.8) is 0 Å². The number of rotatable bonds is 7. The van der Waals surface area contributed by atoms with Gasteiger partial charge in [-0.15, -0.1) is 0 Å². The summed E-state index contributed by atoms with van der Waals surface area (Å²) in [6.45, 7) is 6.05. The molecule has 0 aliphatic carbocycles. The number of carbonyl (C=O) groups is 2. The van der Waals surface area contributed by atoms with Crippen LogP contribution in [0.4, 0.5) is 4.79 Å². The molecule has 1 unspecified atom stereocenters. The monoisotopic (exact) mass is 452 g/mol. The fraction of sp³-hybridized carbons (Fsp3) is 0.261. The lowest BCUT2D eigenvalue weighted by atomic mass is 10.0. The maximum absolute atomic E-state index is 12.8. The van der Waals surface area contributed by atoms with Gasteiger partial charge in [0.05, 0.1) is 24.1 Å². The summed E-state index contributed by atoms with van der Waals surface area (Å²) in [6.07, 6.45) is 5.14. The molecule has 8 nitrogen and oxygen atoms in total. The van der Waals surface area contributed by atoms with Crippen LogP contribution in [0.5, 0.6) is 0 Å². The number of ether oxygens (including phenoxy) is 1. The molecule has 3 aromatic rings. The number of hydrogen-bond donors (Lipinski definition) is 2. The molecule has 0 radical (unpaired) electrons. The highest BCUT2D eigenvalue weighted by atomic mass is 32.2. The van der Waals surface area contributed by atoms with Crippen molar-refractivity contribution >= 4 is 23.8 Å². The highest BCUT2D eigenvalue weighted by molar-refractivity contribution is 7.99. The van der Waals surface area contributed by atoms with Crippen LogP contribution in [-0.2, 0) is 9.53 Å². The van der Waals surface area contributed by atoms with Crippen molar-refractivity contribution in [2.45, 2.75) is 32.0 Å². The van der Waals surface area contributed by atoms with Crippen LogP contribution in [0.1, 0.15) is 29.9 Å². The molecule has 2 aromatic heterocycles. The van der Waals surface area contributed by atoms with Gasteiger partial charge in [-0.25, -0.2) is 14.6 Å². The Morgan fingerprint density at radius 2 is 2.16 bits per heavy atom. The fourth-order valence-electron chi connectivity index (χ4n) is 3.55. The second kappa shape index (κ2) is 9.35. The van der Waals surface area contributed by atoms with Crippen LogP contribution in [-0.4, -0.2) is 33.9 Å². The van der Waals surface area contributed by atoms with Crippen LogP contribution < -0.4 is 10.6 Å². The zero-order valence-corrected chi connectivity index (χ0v) is 18.9. The molecule has 32 heavy (non-hydrogen) atoms. The van der Waals surface area contributed by atoms with Gasteiger partial charge in [0.15, 0.2) is 5.16 Å². The number of aryl methyl sites for hydroxylation is 2. The second-order valence-electron chi connectivity index (χ2n) is 7.32. The van der Waals surface area contributed by atoms with Gasteiger partial charge in [0, 0.05) is 23.8 Å². The molecule has 9 heteroatoms. The molecule has 2 N–H and O–H groups in total. The largest absolute Gasteiger partial charge is 0.467 e. The molecular weight excluding hydrogens is 428 g/mol. The SMILES string of the molecule is CCOC(=O)C1=C(CSc2nccn2-c2cc(C)ccc2C)NC(=O)NC1c1ccco1. The number of amides is 2. The van der Waals surface area contributed by atoms with Gasteiger partial charge in [-0.2, -0.15) is 0 Å². The van der Waals surface area contributed by atoms with E-state index in [1.807, 2.05) is 24.6 Å². The molecule has 3 heterocycles. The number of aromatic nitrogens is 2. The van der Waals surface area contributed by atoms with E-state index in [4.69, 9.17) is 9.15 Å². The molecule has 1 aliphatic heterocycles. The Hall–Kier alpha value is -3.46. The molecule has 1 atom stereocenters. The number of nitrogens with one attached hydrogen (secondary N) is 2. The average molecular weight is 453 g/mol. The maximum Gasteiger partial charge on any atom is 0.338 e. The number of benzene rings is 1. The minimum Gasteiger partial charge on any atom is -0.467 e. The summed E-state index contributed by atoms with van der Waals surface area (Å²) < 4.78 is 12.8. The molecule has 0 fully saturated rings. The van der Waals surface area contributed by atoms with Crippen LogP contribution in [0.2, 0.25) is 0 Å². The van der Waals surface area contributed by atoms with Crippen molar-refractivity contribution in [1.29, 1.82) is 0 Å². The summed E-state index contributed by atoms with van der Waals surface area (Å²) in [4.78, 5) is 29.6. The number of esters is 1. The topological polar surface area (TPSA) is 98.4 Å². The zero-order valence-electron chi connectivity index (χ0n) is 18.0. The Kier molecular flexibility index (Phi) is 6.36. The number of nitrogens with zero attached hydrogens (tertiary/aromatic N) is 2. The third-order valence-electron chi connectivity index (χ3n) is 5.05. The predicted molar refractivity (Wildman–Crippen MR) is 121 cm³/mol. The van der Waals surface area contributed by atoms with E-state index < -0.39 is 18.0 Å². The van der Waals surface area contributed by atoms with E-state index in [-0.39, 0.29) is 6.61 Å². The molecule has 0 saturated carbocycles. The lowest BCUT2D eigenvalue weighted by Gasteiger charge is -2.27. The first-order valence-electron chi connectivity index (χ1n) is 10.2. The van der Waals surface area contributed by atoms with Gasteiger partial charge in [0.1, 0.15) is 11.8 Å². The minimum atomic E-state index is -0.729. The first-order valence-corrected chi connectivity index (χ1v) is 11.2. The van der Waals surface area contributed by atoms with Crippen LogP contribution in [0, 0.1) is 13.8 Å². The quantitative estimate of drug-likeness (QED) is 0.415. The Balaban J connectivity index is 1.67. The molecule has 166 valence electrons. The van der Waals surface area contributed by atoms with Crippen LogP contribution in [0.3, 0.4) is 0 Å².